The number of nitrogens with zero attached hydrogens (tertiary/aromatic N) is 2. The van der Waals surface area contributed by atoms with Crippen molar-refractivity contribution in [3.8, 4) is 0 Å². The first kappa shape index (κ1) is 12.3. The summed E-state index contributed by atoms with van der Waals surface area (Å²) in [6, 6.07) is 3.78. The summed E-state index contributed by atoms with van der Waals surface area (Å²) >= 11 is 0. The second-order valence-electron chi connectivity index (χ2n) is 4.56. The summed E-state index contributed by atoms with van der Waals surface area (Å²) < 4.78 is 7.47. The van der Waals surface area contributed by atoms with E-state index in [4.69, 9.17) is 4.74 Å². The zero-order valence-corrected chi connectivity index (χ0v) is 10.6. The molecule has 17 heavy (non-hydrogen) atoms. The quantitative estimate of drug-likeness (QED) is 0.739. The van der Waals surface area contributed by atoms with Crippen molar-refractivity contribution in [3.63, 3.8) is 0 Å². The zero-order valence-electron chi connectivity index (χ0n) is 10.6. The maximum Gasteiger partial charge on any atom is 0.193 e. The molecule has 1 saturated heterocycles. The first-order valence-electron chi connectivity index (χ1n) is 6.19. The van der Waals surface area contributed by atoms with Crippen molar-refractivity contribution in [3.05, 3.63) is 24.0 Å². The molecule has 0 N–H and O–H groups in total. The summed E-state index contributed by atoms with van der Waals surface area (Å²) in [6.45, 7) is 5.07. The number of ketones is 1. The van der Waals surface area contributed by atoms with Gasteiger partial charge in [-0.3, -0.25) is 9.69 Å². The number of ether oxygens (including phenoxy) is 1. The molecule has 1 fully saturated rings. The molecule has 94 valence electrons. The van der Waals surface area contributed by atoms with E-state index in [-0.39, 0.29) is 11.9 Å². The van der Waals surface area contributed by atoms with Crippen molar-refractivity contribution < 1.29 is 9.53 Å². The predicted molar refractivity (Wildman–Crippen MR) is 66.2 cm³/mol. The maximum atomic E-state index is 12.1. The van der Waals surface area contributed by atoms with Gasteiger partial charge < -0.3 is 9.30 Å². The number of Topliss-reactive ketones (excluding diaryl/α,β-unsaturated/α-hetero) is 1. The largest absolute Gasteiger partial charge is 0.376 e. The minimum Gasteiger partial charge on any atom is -0.376 e. The molecule has 0 aromatic carbocycles. The van der Waals surface area contributed by atoms with Crippen LogP contribution >= 0.6 is 0 Å². The van der Waals surface area contributed by atoms with E-state index >= 15 is 0 Å². The smallest absolute Gasteiger partial charge is 0.193 e. The minimum absolute atomic E-state index is 0.189. The lowest BCUT2D eigenvalue weighted by Crippen LogP contribution is -2.44. The van der Waals surface area contributed by atoms with E-state index < -0.39 is 0 Å². The Morgan fingerprint density at radius 3 is 3.06 bits per heavy atom. The molecular weight excluding hydrogens is 216 g/mol. The van der Waals surface area contributed by atoms with Crippen molar-refractivity contribution in [1.82, 2.24) is 9.47 Å². The van der Waals surface area contributed by atoms with Gasteiger partial charge in [-0.15, -0.1) is 0 Å². The molecule has 0 amide bonds. The molecule has 1 aliphatic rings. The fourth-order valence-corrected chi connectivity index (χ4v) is 2.21. The van der Waals surface area contributed by atoms with Crippen LogP contribution in [0.1, 0.15) is 23.8 Å². The Morgan fingerprint density at radius 1 is 1.59 bits per heavy atom. The van der Waals surface area contributed by atoms with Gasteiger partial charge in [0.05, 0.1) is 24.9 Å². The van der Waals surface area contributed by atoms with Gasteiger partial charge in [0.25, 0.3) is 0 Å². The number of carbonyl (C=O) groups excluding carboxylic acids is 1. The second kappa shape index (κ2) is 5.47. The molecule has 0 radical (unpaired) electrons. The lowest BCUT2D eigenvalue weighted by Gasteiger charge is -2.31. The van der Waals surface area contributed by atoms with Crippen molar-refractivity contribution in [1.29, 1.82) is 0 Å². The lowest BCUT2D eigenvalue weighted by molar-refractivity contribution is -0.0272. The molecule has 0 saturated carbocycles. The molecule has 4 nitrogen and oxygen atoms in total. The number of rotatable bonds is 4. The molecular formula is C13H20N2O2. The highest BCUT2D eigenvalue weighted by atomic mass is 16.5. The molecule has 1 aromatic rings. The fourth-order valence-electron chi connectivity index (χ4n) is 2.21. The second-order valence-corrected chi connectivity index (χ2v) is 4.56. The van der Waals surface area contributed by atoms with Gasteiger partial charge in [-0.2, -0.15) is 0 Å². The third-order valence-electron chi connectivity index (χ3n) is 3.27. The Labute approximate surface area is 102 Å². The summed E-state index contributed by atoms with van der Waals surface area (Å²) in [5, 5.41) is 0. The van der Waals surface area contributed by atoms with Crippen molar-refractivity contribution in [2.45, 2.75) is 19.4 Å². The third-order valence-corrected chi connectivity index (χ3v) is 3.27. The van der Waals surface area contributed by atoms with Crippen molar-refractivity contribution in [2.75, 3.05) is 26.2 Å². The Bertz CT molecular complexity index is 387. The Balaban J connectivity index is 1.93. The van der Waals surface area contributed by atoms with E-state index in [1.807, 2.05) is 29.9 Å². The van der Waals surface area contributed by atoms with E-state index in [1.54, 1.807) is 0 Å². The van der Waals surface area contributed by atoms with E-state index in [1.165, 1.54) is 0 Å². The normalized spacial score (nSPS) is 21.6. The van der Waals surface area contributed by atoms with Gasteiger partial charge in [-0.05, 0) is 18.6 Å². The van der Waals surface area contributed by atoms with Gasteiger partial charge >= 0.3 is 0 Å². The van der Waals surface area contributed by atoms with E-state index in [9.17, 15) is 4.79 Å². The molecule has 4 heteroatoms. The Hall–Kier alpha value is -1.13. The summed E-state index contributed by atoms with van der Waals surface area (Å²) in [5.74, 6) is 0.189. The Kier molecular flexibility index (Phi) is 3.97. The van der Waals surface area contributed by atoms with Crippen LogP contribution in [0.15, 0.2) is 18.3 Å². The molecule has 0 spiro atoms. The number of morpholine rings is 1. The van der Waals surface area contributed by atoms with Crippen LogP contribution in [-0.4, -0.2) is 47.6 Å². The van der Waals surface area contributed by atoms with Crippen LogP contribution < -0.4 is 0 Å². The van der Waals surface area contributed by atoms with E-state index in [0.29, 0.717) is 6.54 Å². The number of carbonyl (C=O) groups is 1. The SMILES string of the molecule is CCC1CN(CC(=O)c2cccn2C)CCO1. The molecule has 1 atom stereocenters. The average molecular weight is 236 g/mol. The number of aryl methyl sites for hydroxylation is 1. The number of aromatic nitrogens is 1. The van der Waals surface area contributed by atoms with Crippen LogP contribution in [0, 0.1) is 0 Å². The predicted octanol–water partition coefficient (Wildman–Crippen LogP) is 1.32. The van der Waals surface area contributed by atoms with Crippen molar-refractivity contribution in [2.24, 2.45) is 7.05 Å². The van der Waals surface area contributed by atoms with E-state index in [0.717, 1.165) is 31.8 Å². The van der Waals surface area contributed by atoms with Crippen LogP contribution in [-0.2, 0) is 11.8 Å². The van der Waals surface area contributed by atoms with Crippen LogP contribution in [0.25, 0.3) is 0 Å². The van der Waals surface area contributed by atoms with Crippen LogP contribution in [0.5, 0.6) is 0 Å². The summed E-state index contributed by atoms with van der Waals surface area (Å²) in [7, 11) is 1.90. The molecule has 0 bridgehead atoms. The average Bonchev–Trinajstić information content (AvgIpc) is 2.76. The molecule has 1 aliphatic heterocycles. The highest BCUT2D eigenvalue weighted by molar-refractivity contribution is 5.96. The number of hydrogen-bond acceptors (Lipinski definition) is 3. The first-order chi connectivity index (χ1) is 8.20. The molecule has 2 rings (SSSR count). The zero-order chi connectivity index (χ0) is 12.3. The highest BCUT2D eigenvalue weighted by Gasteiger charge is 2.21. The standard InChI is InChI=1S/C13H20N2O2/c1-3-11-9-15(7-8-17-11)10-13(16)12-5-4-6-14(12)2/h4-6,11H,3,7-10H2,1-2H3. The molecule has 1 unspecified atom stereocenters. The van der Waals surface area contributed by atoms with Crippen LogP contribution in [0.3, 0.4) is 0 Å². The van der Waals surface area contributed by atoms with Crippen molar-refractivity contribution >= 4 is 5.78 Å². The molecule has 1 aromatic heterocycles. The van der Waals surface area contributed by atoms with Gasteiger partial charge in [0.15, 0.2) is 5.78 Å². The summed E-state index contributed by atoms with van der Waals surface area (Å²) in [6.07, 6.45) is 3.20. The fraction of sp³-hybridized carbons (Fsp3) is 0.615. The third kappa shape index (κ3) is 2.96. The minimum atomic E-state index is 0.189. The molecule has 2 heterocycles. The lowest BCUT2D eigenvalue weighted by atomic mass is 10.2. The van der Waals surface area contributed by atoms with Gasteiger partial charge in [-0.1, -0.05) is 6.92 Å². The van der Waals surface area contributed by atoms with Gasteiger partial charge in [0.1, 0.15) is 0 Å². The Morgan fingerprint density at radius 2 is 2.41 bits per heavy atom. The first-order valence-corrected chi connectivity index (χ1v) is 6.19. The number of hydrogen-bond donors (Lipinski definition) is 0. The van der Waals surface area contributed by atoms with Crippen LogP contribution in [0.2, 0.25) is 0 Å². The highest BCUT2D eigenvalue weighted by Crippen LogP contribution is 2.09. The van der Waals surface area contributed by atoms with Gasteiger partial charge in [-0.25, -0.2) is 0 Å². The summed E-state index contributed by atoms with van der Waals surface area (Å²) in [4.78, 5) is 14.3. The monoisotopic (exact) mass is 236 g/mol. The van der Waals surface area contributed by atoms with Crippen LogP contribution in [0.4, 0.5) is 0 Å². The summed E-state index contributed by atoms with van der Waals surface area (Å²) in [5.41, 5.74) is 0.782. The van der Waals surface area contributed by atoms with E-state index in [2.05, 4.69) is 11.8 Å². The maximum absolute atomic E-state index is 12.1. The molecule has 0 aliphatic carbocycles. The topological polar surface area (TPSA) is 34.5 Å². The van der Waals surface area contributed by atoms with Gasteiger partial charge in [0.2, 0.25) is 0 Å². The van der Waals surface area contributed by atoms with Gasteiger partial charge in [0, 0.05) is 26.3 Å².